The Kier molecular flexibility index (Phi) is 43.6. The van der Waals surface area contributed by atoms with Crippen molar-refractivity contribution in [3.8, 4) is 0 Å². The van der Waals surface area contributed by atoms with Crippen LogP contribution >= 0.6 is 0 Å². The van der Waals surface area contributed by atoms with Crippen molar-refractivity contribution in [3.63, 3.8) is 0 Å². The third kappa shape index (κ3) is 27.8. The SMILES string of the molecule is CCCCC(c1ccccc1)C(O)(CCCC)C(=O)O.CCCCC(c1ccccc1)C(O)(CCCC)C(=O)O.CCCCC(c1ccccc1)C(O)(CCCC)C(=O)O.CCCCC(c1ccccc1)C(O)(CCCC)C(=O)O.OCC(CO)(CO)CO. The number of carboxylic acids is 4. The minimum atomic E-state index is -1.66. The van der Waals surface area contributed by atoms with Gasteiger partial charge in [-0.25, -0.2) is 19.2 Å². The lowest BCUT2D eigenvalue weighted by atomic mass is 9.76. The molecule has 4 rings (SSSR count). The molecule has 89 heavy (non-hydrogen) atoms. The Balaban J connectivity index is 0.00000111. The summed E-state index contributed by atoms with van der Waals surface area (Å²) in [6, 6.07) is 38.2. The minimum absolute atomic E-state index is 0.308. The van der Waals surface area contributed by atoms with Gasteiger partial charge in [0, 0.05) is 23.7 Å². The number of carboxylic acid groups (broad SMARTS) is 4. The van der Waals surface area contributed by atoms with Crippen molar-refractivity contribution in [2.24, 2.45) is 5.41 Å². The van der Waals surface area contributed by atoms with Crippen LogP contribution in [0, 0.1) is 5.41 Å². The molecule has 0 aliphatic heterocycles. The molecule has 0 bridgehead atoms. The summed E-state index contributed by atoms with van der Waals surface area (Å²) in [5.41, 5.74) is -4.08. The molecule has 4 aromatic rings. The van der Waals surface area contributed by atoms with Crippen molar-refractivity contribution < 1.29 is 80.5 Å². The topological polar surface area (TPSA) is 311 Å². The maximum atomic E-state index is 11.7. The molecule has 0 saturated heterocycles. The maximum absolute atomic E-state index is 11.7. The van der Waals surface area contributed by atoms with Gasteiger partial charge in [-0.15, -0.1) is 0 Å². The minimum Gasteiger partial charge on any atom is -0.479 e. The van der Waals surface area contributed by atoms with Crippen molar-refractivity contribution in [2.75, 3.05) is 26.4 Å². The first kappa shape index (κ1) is 83.4. The van der Waals surface area contributed by atoms with E-state index in [4.69, 9.17) is 20.4 Å². The van der Waals surface area contributed by atoms with Gasteiger partial charge < -0.3 is 61.3 Å². The molecule has 8 atom stereocenters. The van der Waals surface area contributed by atoms with E-state index in [-0.39, 0.29) is 23.7 Å². The second kappa shape index (κ2) is 46.5. The van der Waals surface area contributed by atoms with Crippen LogP contribution in [0.3, 0.4) is 0 Å². The summed E-state index contributed by atoms with van der Waals surface area (Å²) in [7, 11) is 0. The summed E-state index contributed by atoms with van der Waals surface area (Å²) in [5.74, 6) is -5.76. The molecule has 0 fully saturated rings. The summed E-state index contributed by atoms with van der Waals surface area (Å²) in [5, 5.41) is 115. The Hall–Kier alpha value is -5.56. The van der Waals surface area contributed by atoms with E-state index in [1.54, 1.807) is 0 Å². The van der Waals surface area contributed by atoms with Gasteiger partial charge in [0.25, 0.3) is 0 Å². The highest BCUT2D eigenvalue weighted by molar-refractivity contribution is 5.80. The predicted molar refractivity (Wildman–Crippen MR) is 354 cm³/mol. The van der Waals surface area contributed by atoms with Crippen molar-refractivity contribution >= 4 is 23.9 Å². The van der Waals surface area contributed by atoms with Crippen molar-refractivity contribution in [2.45, 2.75) is 256 Å². The quantitative estimate of drug-likeness (QED) is 0.0197. The first-order chi connectivity index (χ1) is 42.5. The normalized spacial score (nSPS) is 15.2. The summed E-state index contributed by atoms with van der Waals surface area (Å²) in [4.78, 5) is 46.6. The Morgan fingerprint density at radius 3 is 0.562 bits per heavy atom. The van der Waals surface area contributed by atoms with Crippen molar-refractivity contribution in [3.05, 3.63) is 144 Å². The molecule has 16 heteroatoms. The highest BCUT2D eigenvalue weighted by atomic mass is 16.4. The lowest BCUT2D eigenvalue weighted by Crippen LogP contribution is -2.44. The summed E-state index contributed by atoms with van der Waals surface area (Å²) < 4.78 is 0. The molecule has 16 nitrogen and oxygen atoms in total. The number of hydrogen-bond acceptors (Lipinski definition) is 12. The second-order valence-electron chi connectivity index (χ2n) is 23.9. The average Bonchev–Trinajstić information content (AvgIpc) is 1.61. The molecular weight excluding hydrogens is 1130 g/mol. The molecule has 0 radical (unpaired) electrons. The highest BCUT2D eigenvalue weighted by Gasteiger charge is 2.47. The molecule has 504 valence electrons. The van der Waals surface area contributed by atoms with Gasteiger partial charge in [0.1, 0.15) is 0 Å². The van der Waals surface area contributed by atoms with E-state index >= 15 is 0 Å². The van der Waals surface area contributed by atoms with Crippen LogP contribution in [-0.2, 0) is 19.2 Å². The van der Waals surface area contributed by atoms with E-state index in [0.29, 0.717) is 51.4 Å². The number of carbonyl (C=O) groups is 4. The van der Waals surface area contributed by atoms with Gasteiger partial charge in [0.15, 0.2) is 22.4 Å². The Morgan fingerprint density at radius 1 is 0.292 bits per heavy atom. The number of aliphatic hydroxyl groups excluding tert-OH is 4. The number of aliphatic carboxylic acids is 4. The summed E-state index contributed by atoms with van der Waals surface area (Å²) in [6.07, 6.45) is 18.1. The maximum Gasteiger partial charge on any atom is 0.336 e. The molecule has 0 spiro atoms. The van der Waals surface area contributed by atoms with E-state index in [9.17, 15) is 60.0 Å². The third-order valence-electron chi connectivity index (χ3n) is 17.0. The molecular formula is C73H116O16. The van der Waals surface area contributed by atoms with Crippen LogP contribution in [-0.4, -0.2) is 134 Å². The molecule has 0 heterocycles. The van der Waals surface area contributed by atoms with Gasteiger partial charge in [-0.2, -0.15) is 0 Å². The predicted octanol–water partition coefficient (Wildman–Crippen LogP) is 13.8. The molecule has 0 saturated carbocycles. The Morgan fingerprint density at radius 2 is 0.449 bits per heavy atom. The van der Waals surface area contributed by atoms with E-state index in [0.717, 1.165) is 125 Å². The zero-order valence-electron chi connectivity index (χ0n) is 55.2. The molecule has 4 aromatic carbocycles. The number of hydrogen-bond donors (Lipinski definition) is 12. The zero-order chi connectivity index (χ0) is 67.4. The van der Waals surface area contributed by atoms with Gasteiger partial charge in [-0.05, 0) is 73.6 Å². The molecule has 0 aliphatic carbocycles. The van der Waals surface area contributed by atoms with Gasteiger partial charge in [0.2, 0.25) is 0 Å². The molecule has 8 unspecified atom stereocenters. The number of unbranched alkanes of at least 4 members (excludes halogenated alkanes) is 8. The fraction of sp³-hybridized carbons (Fsp3) is 0.616. The smallest absolute Gasteiger partial charge is 0.336 e. The number of rotatable bonds is 40. The van der Waals surface area contributed by atoms with Crippen LogP contribution in [0.25, 0.3) is 0 Å². The lowest BCUT2D eigenvalue weighted by molar-refractivity contribution is -0.163. The van der Waals surface area contributed by atoms with Crippen molar-refractivity contribution in [1.29, 1.82) is 0 Å². The molecule has 0 aromatic heterocycles. The fourth-order valence-corrected chi connectivity index (χ4v) is 10.9. The first-order valence-corrected chi connectivity index (χ1v) is 32.9. The third-order valence-corrected chi connectivity index (χ3v) is 17.0. The molecule has 12 N–H and O–H groups in total. The average molecular weight is 1250 g/mol. The van der Waals surface area contributed by atoms with E-state index < -0.39 is 78.1 Å². The van der Waals surface area contributed by atoms with Gasteiger partial charge >= 0.3 is 23.9 Å². The molecule has 0 aliphatic rings. The van der Waals surface area contributed by atoms with Crippen LogP contribution < -0.4 is 0 Å². The van der Waals surface area contributed by atoms with Gasteiger partial charge in [-0.1, -0.05) is 279 Å². The second-order valence-corrected chi connectivity index (χ2v) is 23.9. The van der Waals surface area contributed by atoms with Gasteiger partial charge in [0.05, 0.1) is 31.8 Å². The van der Waals surface area contributed by atoms with Crippen LogP contribution in [0.5, 0.6) is 0 Å². The summed E-state index contributed by atoms with van der Waals surface area (Å²) in [6.45, 7) is 14.7. The number of aliphatic hydroxyl groups is 8. The Labute approximate surface area is 533 Å². The molecule has 0 amide bonds. The van der Waals surface area contributed by atoms with E-state index in [1.807, 2.05) is 149 Å². The first-order valence-electron chi connectivity index (χ1n) is 32.9. The van der Waals surface area contributed by atoms with Crippen LogP contribution in [0.2, 0.25) is 0 Å². The standard InChI is InChI=1S/4C17H26O3.C5H12O4/c4*1-3-5-12-15(14-10-8-7-9-11-14)17(20,16(18)19)13-6-4-2;6-1-5(2-7,3-8)4-9/h4*7-11,15,20H,3-6,12-13H2,1-2H3,(H,18,19);6-9H,1-4H2. The van der Waals surface area contributed by atoms with E-state index in [2.05, 4.69) is 27.7 Å². The zero-order valence-corrected chi connectivity index (χ0v) is 55.2. The fourth-order valence-electron chi connectivity index (χ4n) is 10.9. The van der Waals surface area contributed by atoms with Crippen LogP contribution in [0.1, 0.15) is 255 Å². The largest absolute Gasteiger partial charge is 0.479 e. The van der Waals surface area contributed by atoms with E-state index in [1.165, 1.54) is 0 Å². The highest BCUT2D eigenvalue weighted by Crippen LogP contribution is 2.41. The van der Waals surface area contributed by atoms with Gasteiger partial charge in [-0.3, -0.25) is 0 Å². The lowest BCUT2D eigenvalue weighted by Gasteiger charge is -2.33. The Bertz CT molecular complexity index is 2090. The van der Waals surface area contributed by atoms with Crippen molar-refractivity contribution in [1.82, 2.24) is 0 Å². The monoisotopic (exact) mass is 1250 g/mol. The summed E-state index contributed by atoms with van der Waals surface area (Å²) >= 11 is 0. The van der Waals surface area contributed by atoms with Crippen LogP contribution in [0.15, 0.2) is 121 Å². The van der Waals surface area contributed by atoms with Crippen LogP contribution in [0.4, 0.5) is 0 Å². The number of benzene rings is 4.